The molecule has 0 spiro atoms. The first-order valence-corrected chi connectivity index (χ1v) is 15.0. The number of nitrogens with one attached hydrogen (secondary N) is 1. The maximum atomic E-state index is 14.5. The number of esters is 1. The molecular weight excluding hydrogens is 587 g/mol. The summed E-state index contributed by atoms with van der Waals surface area (Å²) in [6.45, 7) is 2.47. The lowest BCUT2D eigenvalue weighted by Gasteiger charge is -2.38. The van der Waals surface area contributed by atoms with E-state index >= 15 is 0 Å². The van der Waals surface area contributed by atoms with Gasteiger partial charge in [-0.3, -0.25) is 14.7 Å². The van der Waals surface area contributed by atoms with Gasteiger partial charge in [-0.15, -0.1) is 11.3 Å². The third-order valence-electron chi connectivity index (χ3n) is 8.48. The number of aliphatic imine (C=N–C) groups is 1. The number of amides is 2. The fourth-order valence-electron chi connectivity index (χ4n) is 6.41. The SMILES string of the molecule is COC(=O)C1=C(CN2CCN3C(=O)N(C4CCC(C(=O)O)C4)C[C@@H]3C2)NC(c2nccs2)=N[C@H]1c1cccc(F)c1Cl. The Bertz CT molecular complexity index is 1470. The van der Waals surface area contributed by atoms with Crippen molar-refractivity contribution in [1.82, 2.24) is 25.0 Å². The summed E-state index contributed by atoms with van der Waals surface area (Å²) < 4.78 is 19.7. The van der Waals surface area contributed by atoms with Crippen LogP contribution in [0.25, 0.3) is 0 Å². The van der Waals surface area contributed by atoms with E-state index in [1.807, 2.05) is 15.2 Å². The standard InChI is InChI=1S/C28H30ClFN6O5S/c1-41-27(39)21-20(32-24(25-31-7-10-42-25)33-23(21)18-3-2-4-19(30)22(18)29)14-34-8-9-35-17(12-34)13-36(28(35)40)16-6-5-15(11-16)26(37)38/h2-4,7,10,15-17,23H,5-6,8-9,11-14H2,1H3,(H,32,33)(H,37,38)/t15?,16?,17-,23-/m0/s1. The van der Waals surface area contributed by atoms with Gasteiger partial charge < -0.3 is 25.0 Å². The van der Waals surface area contributed by atoms with Crippen LogP contribution in [-0.2, 0) is 14.3 Å². The van der Waals surface area contributed by atoms with E-state index < -0.39 is 29.7 Å². The molecule has 4 aliphatic rings. The van der Waals surface area contributed by atoms with Gasteiger partial charge in [-0.25, -0.2) is 19.0 Å². The number of urea groups is 1. The average molecular weight is 617 g/mol. The second-order valence-corrected chi connectivity index (χ2v) is 12.2. The lowest BCUT2D eigenvalue weighted by Crippen LogP contribution is -2.53. The van der Waals surface area contributed by atoms with Crippen LogP contribution in [0.15, 0.2) is 46.0 Å². The molecule has 2 unspecified atom stereocenters. The predicted octanol–water partition coefficient (Wildman–Crippen LogP) is 3.13. The Morgan fingerprint density at radius 1 is 1.21 bits per heavy atom. The number of hydrogen-bond acceptors (Lipinski definition) is 9. The number of halogens is 2. The molecule has 222 valence electrons. The van der Waals surface area contributed by atoms with Gasteiger partial charge in [0.1, 0.15) is 11.9 Å². The summed E-state index contributed by atoms with van der Waals surface area (Å²) in [5.74, 6) is -2.01. The third kappa shape index (κ3) is 5.25. The number of carbonyl (C=O) groups is 3. The molecule has 2 amide bonds. The molecule has 0 bridgehead atoms. The van der Waals surface area contributed by atoms with Crippen LogP contribution in [0.2, 0.25) is 5.02 Å². The Balaban J connectivity index is 1.27. The highest BCUT2D eigenvalue weighted by molar-refractivity contribution is 7.11. The molecule has 1 aromatic heterocycles. The van der Waals surface area contributed by atoms with Crippen molar-refractivity contribution in [2.45, 2.75) is 37.4 Å². The highest BCUT2D eigenvalue weighted by Crippen LogP contribution is 2.38. The number of benzene rings is 1. The van der Waals surface area contributed by atoms with Crippen LogP contribution >= 0.6 is 22.9 Å². The molecule has 14 heteroatoms. The average Bonchev–Trinajstić information content (AvgIpc) is 3.75. The third-order valence-corrected chi connectivity index (χ3v) is 9.66. The van der Waals surface area contributed by atoms with E-state index in [0.717, 1.165) is 0 Å². The smallest absolute Gasteiger partial charge is 0.338 e. The zero-order valence-electron chi connectivity index (χ0n) is 22.8. The molecule has 1 aliphatic carbocycles. The predicted molar refractivity (Wildman–Crippen MR) is 153 cm³/mol. The Morgan fingerprint density at radius 2 is 2.05 bits per heavy atom. The summed E-state index contributed by atoms with van der Waals surface area (Å²) in [4.78, 5) is 52.9. The zero-order valence-corrected chi connectivity index (χ0v) is 24.4. The van der Waals surface area contributed by atoms with E-state index in [4.69, 9.17) is 21.3 Å². The van der Waals surface area contributed by atoms with Crippen molar-refractivity contribution in [2.75, 3.05) is 39.8 Å². The number of amidine groups is 1. The van der Waals surface area contributed by atoms with Crippen LogP contribution in [0.3, 0.4) is 0 Å². The van der Waals surface area contributed by atoms with Gasteiger partial charge in [-0.05, 0) is 25.3 Å². The lowest BCUT2D eigenvalue weighted by molar-refractivity contribution is -0.141. The summed E-state index contributed by atoms with van der Waals surface area (Å²) in [5, 5.41) is 15.0. The van der Waals surface area contributed by atoms with Crippen LogP contribution in [0.5, 0.6) is 0 Å². The minimum atomic E-state index is -0.926. The van der Waals surface area contributed by atoms with E-state index in [1.54, 1.807) is 12.3 Å². The van der Waals surface area contributed by atoms with E-state index in [0.29, 0.717) is 74.1 Å². The molecule has 42 heavy (non-hydrogen) atoms. The van der Waals surface area contributed by atoms with E-state index in [2.05, 4.69) is 15.2 Å². The number of carbonyl (C=O) groups excluding carboxylic acids is 2. The van der Waals surface area contributed by atoms with Crippen LogP contribution in [0.4, 0.5) is 9.18 Å². The number of nitrogens with zero attached hydrogens (tertiary/aromatic N) is 5. The van der Waals surface area contributed by atoms with Crippen molar-refractivity contribution in [1.29, 1.82) is 0 Å². The number of hydrogen-bond donors (Lipinski definition) is 2. The van der Waals surface area contributed by atoms with Crippen LogP contribution in [0, 0.1) is 11.7 Å². The second kappa shape index (κ2) is 11.6. The first kappa shape index (κ1) is 28.6. The minimum absolute atomic E-state index is 0.0417. The van der Waals surface area contributed by atoms with Gasteiger partial charge in [0.05, 0.1) is 29.7 Å². The Kier molecular flexibility index (Phi) is 7.90. The monoisotopic (exact) mass is 616 g/mol. The number of rotatable bonds is 7. The maximum absolute atomic E-state index is 14.5. The summed E-state index contributed by atoms with van der Waals surface area (Å²) >= 11 is 7.76. The molecule has 11 nitrogen and oxygen atoms in total. The number of carboxylic acids is 1. The highest BCUT2D eigenvalue weighted by Gasteiger charge is 2.46. The normalized spacial score (nSPS) is 26.3. The molecular formula is C28H30ClFN6O5S. The van der Waals surface area contributed by atoms with E-state index in [9.17, 15) is 23.9 Å². The number of piperazine rings is 1. The molecule has 1 saturated carbocycles. The fourth-order valence-corrected chi connectivity index (χ4v) is 7.23. The number of thiazole rings is 1. The van der Waals surface area contributed by atoms with Gasteiger partial charge in [0.2, 0.25) is 0 Å². The van der Waals surface area contributed by atoms with Crippen molar-refractivity contribution in [3.05, 3.63) is 62.5 Å². The molecule has 1 aromatic carbocycles. The second-order valence-electron chi connectivity index (χ2n) is 10.9. The van der Waals surface area contributed by atoms with Crippen molar-refractivity contribution < 1.29 is 28.6 Å². The summed E-state index contributed by atoms with van der Waals surface area (Å²) in [6, 6.07) is 3.31. The number of aromatic nitrogens is 1. The quantitative estimate of drug-likeness (QED) is 0.454. The van der Waals surface area contributed by atoms with Crippen LogP contribution in [0.1, 0.15) is 35.9 Å². The van der Waals surface area contributed by atoms with Gasteiger partial charge in [0.15, 0.2) is 10.8 Å². The molecule has 2 saturated heterocycles. The number of ether oxygens (including phenoxy) is 1. The zero-order chi connectivity index (χ0) is 29.5. The van der Waals surface area contributed by atoms with Crippen molar-refractivity contribution >= 4 is 46.7 Å². The molecule has 4 heterocycles. The summed E-state index contributed by atoms with van der Waals surface area (Å²) in [5.41, 5.74) is 1.10. The van der Waals surface area contributed by atoms with Crippen LogP contribution < -0.4 is 5.32 Å². The van der Waals surface area contributed by atoms with Gasteiger partial charge in [-0.1, -0.05) is 23.7 Å². The molecule has 3 fully saturated rings. The lowest BCUT2D eigenvalue weighted by atomic mass is 9.95. The summed E-state index contributed by atoms with van der Waals surface area (Å²) in [7, 11) is 1.28. The number of fused-ring (bicyclic) bond motifs is 1. The first-order valence-electron chi connectivity index (χ1n) is 13.8. The Hall–Kier alpha value is -3.55. The fraction of sp³-hybridized carbons (Fsp3) is 0.464. The van der Waals surface area contributed by atoms with Gasteiger partial charge in [0.25, 0.3) is 0 Å². The number of methoxy groups -OCH3 is 1. The Morgan fingerprint density at radius 3 is 2.76 bits per heavy atom. The van der Waals surface area contributed by atoms with E-state index in [-0.39, 0.29) is 28.7 Å². The maximum Gasteiger partial charge on any atom is 0.338 e. The summed E-state index contributed by atoms with van der Waals surface area (Å²) in [6.07, 6.45) is 3.40. The van der Waals surface area contributed by atoms with Gasteiger partial charge >= 0.3 is 18.0 Å². The largest absolute Gasteiger partial charge is 0.481 e. The van der Waals surface area contributed by atoms with Crippen molar-refractivity contribution in [3.8, 4) is 0 Å². The molecule has 6 rings (SSSR count). The van der Waals surface area contributed by atoms with Crippen molar-refractivity contribution in [3.63, 3.8) is 0 Å². The van der Waals surface area contributed by atoms with Gasteiger partial charge in [0, 0.05) is 61.6 Å². The molecule has 2 N–H and O–H groups in total. The number of carboxylic acid groups (broad SMARTS) is 1. The molecule has 0 radical (unpaired) electrons. The van der Waals surface area contributed by atoms with E-state index in [1.165, 1.54) is 30.6 Å². The van der Waals surface area contributed by atoms with Gasteiger partial charge in [-0.2, -0.15) is 0 Å². The minimum Gasteiger partial charge on any atom is -0.481 e. The molecule has 4 atom stereocenters. The molecule has 3 aliphatic heterocycles. The molecule has 2 aromatic rings. The highest BCUT2D eigenvalue weighted by atomic mass is 35.5. The topological polar surface area (TPSA) is 128 Å². The number of aliphatic carboxylic acids is 1. The van der Waals surface area contributed by atoms with Crippen LogP contribution in [-0.4, -0.2) is 101 Å². The first-order chi connectivity index (χ1) is 20.2. The van der Waals surface area contributed by atoms with Crippen molar-refractivity contribution in [2.24, 2.45) is 10.9 Å². The Labute approximate surface area is 250 Å².